The van der Waals surface area contributed by atoms with E-state index in [-0.39, 0.29) is 0 Å². The van der Waals surface area contributed by atoms with E-state index < -0.39 is 25.2 Å². The summed E-state index contributed by atoms with van der Waals surface area (Å²) in [5, 5.41) is 6.09. The molecule has 0 bridgehead atoms. The number of aromatic nitrogens is 6. The maximum absolute atomic E-state index is 12.7. The van der Waals surface area contributed by atoms with Crippen LogP contribution in [0.5, 0.6) is 0 Å². The van der Waals surface area contributed by atoms with Gasteiger partial charge in [-0.15, -0.1) is 0 Å². The number of nitrogens with one attached hydrogen (secondary N) is 2. The highest BCUT2D eigenvalue weighted by molar-refractivity contribution is 5.92. The van der Waals surface area contributed by atoms with Crippen molar-refractivity contribution in [2.45, 2.75) is 51.2 Å². The van der Waals surface area contributed by atoms with Crippen molar-refractivity contribution < 1.29 is 27.6 Å². The molecule has 0 saturated heterocycles. The first-order valence-corrected chi connectivity index (χ1v) is 14.9. The number of fused-ring (bicyclic) bond motifs is 1. The summed E-state index contributed by atoms with van der Waals surface area (Å²) in [6.45, 7) is 0.331. The maximum atomic E-state index is 12.7. The fourth-order valence-electron chi connectivity index (χ4n) is 4.25. The standard InChI is InChI=1S/C22H25F3N8O2.C5H6N2.C4H6O/c1-26-18-6-19(29-12-28-18)27-7-16-9-32-8-15(14-3-4-14)5-17(21(32)30-16)33(13-34)10-20(35)31(2)11-22(23,24)25;1-5-2-3-6-4-7-5;5-3-4-1-2-4/h5-6,8-9,12-14H,3-4,7,10-11H2,1-2H3,(H2,26,27,28,29);2-4H,1H3;3-4H,1-2H2. The highest BCUT2D eigenvalue weighted by atomic mass is 19.4. The third-order valence-corrected chi connectivity index (χ3v) is 7.15. The Morgan fingerprint density at radius 1 is 1.06 bits per heavy atom. The van der Waals surface area contributed by atoms with Gasteiger partial charge < -0.3 is 29.6 Å². The van der Waals surface area contributed by atoms with E-state index in [1.807, 2.05) is 19.2 Å². The number of amides is 2. The maximum Gasteiger partial charge on any atom is 0.406 e. The van der Waals surface area contributed by atoms with Crippen LogP contribution in [0.25, 0.3) is 5.65 Å². The predicted molar refractivity (Wildman–Crippen MR) is 169 cm³/mol. The third-order valence-electron chi connectivity index (χ3n) is 7.15. The second kappa shape index (κ2) is 15.9. The number of alkyl halides is 3. The molecule has 0 aromatic carbocycles. The molecule has 0 radical (unpaired) electrons. The van der Waals surface area contributed by atoms with Gasteiger partial charge in [0.25, 0.3) is 0 Å². The predicted octanol–water partition coefficient (Wildman–Crippen LogP) is 4.02. The number of rotatable bonds is 11. The van der Waals surface area contributed by atoms with Crippen molar-refractivity contribution in [2.75, 3.05) is 42.7 Å². The van der Waals surface area contributed by atoms with Gasteiger partial charge in [-0.05, 0) is 56.2 Å². The van der Waals surface area contributed by atoms with Crippen LogP contribution in [0.15, 0.2) is 49.4 Å². The molecular weight excluding hydrogens is 617 g/mol. The van der Waals surface area contributed by atoms with E-state index in [0.29, 0.717) is 58.4 Å². The van der Waals surface area contributed by atoms with E-state index in [0.717, 1.165) is 55.2 Å². The molecule has 0 unspecified atom stereocenters. The number of likely N-dealkylation sites (N-methyl/N-ethyl adjacent to an activating group) is 1. The van der Waals surface area contributed by atoms with Crippen molar-refractivity contribution in [3.05, 3.63) is 66.4 Å². The van der Waals surface area contributed by atoms with Gasteiger partial charge in [-0.2, -0.15) is 13.2 Å². The molecule has 4 heterocycles. The number of pyridine rings is 1. The van der Waals surface area contributed by atoms with Crippen LogP contribution in [0.2, 0.25) is 0 Å². The van der Waals surface area contributed by atoms with Crippen LogP contribution in [-0.4, -0.2) is 86.2 Å². The van der Waals surface area contributed by atoms with Crippen molar-refractivity contribution >= 4 is 41.6 Å². The molecule has 47 heavy (non-hydrogen) atoms. The van der Waals surface area contributed by atoms with E-state index in [1.165, 1.54) is 12.7 Å². The first-order valence-electron chi connectivity index (χ1n) is 14.9. The lowest BCUT2D eigenvalue weighted by Gasteiger charge is -2.23. The van der Waals surface area contributed by atoms with Gasteiger partial charge in [-0.25, -0.2) is 24.9 Å². The topological polar surface area (TPSA) is 151 Å². The van der Waals surface area contributed by atoms with Gasteiger partial charge in [-0.3, -0.25) is 9.59 Å². The van der Waals surface area contributed by atoms with Gasteiger partial charge in [0.2, 0.25) is 12.3 Å². The Kier molecular flexibility index (Phi) is 11.8. The molecule has 16 heteroatoms. The second-order valence-electron chi connectivity index (χ2n) is 11.2. The zero-order valence-electron chi connectivity index (χ0n) is 26.3. The summed E-state index contributed by atoms with van der Waals surface area (Å²) in [4.78, 5) is 56.0. The highest BCUT2D eigenvalue weighted by Crippen LogP contribution is 2.41. The van der Waals surface area contributed by atoms with Gasteiger partial charge in [0, 0.05) is 50.4 Å². The van der Waals surface area contributed by atoms with Gasteiger partial charge in [0.05, 0.1) is 17.9 Å². The quantitative estimate of drug-likeness (QED) is 0.227. The van der Waals surface area contributed by atoms with Crippen LogP contribution in [0.4, 0.5) is 30.5 Å². The lowest BCUT2D eigenvalue weighted by atomic mass is 10.1. The van der Waals surface area contributed by atoms with Gasteiger partial charge in [0.15, 0.2) is 5.65 Å². The molecule has 2 saturated carbocycles. The van der Waals surface area contributed by atoms with Crippen LogP contribution >= 0.6 is 0 Å². The third kappa shape index (κ3) is 11.0. The van der Waals surface area contributed by atoms with Crippen molar-refractivity contribution in [3.63, 3.8) is 0 Å². The first-order chi connectivity index (χ1) is 22.5. The Labute approximate surface area is 269 Å². The summed E-state index contributed by atoms with van der Waals surface area (Å²) in [5.41, 5.74) is 3.42. The summed E-state index contributed by atoms with van der Waals surface area (Å²) in [7, 11) is 2.80. The van der Waals surface area contributed by atoms with Gasteiger partial charge in [-0.1, -0.05) is 0 Å². The second-order valence-corrected chi connectivity index (χ2v) is 11.2. The van der Waals surface area contributed by atoms with Crippen molar-refractivity contribution in [1.29, 1.82) is 0 Å². The minimum atomic E-state index is -4.53. The molecule has 2 amide bonds. The number of carbonyl (C=O) groups is 3. The molecule has 2 aliphatic rings. The van der Waals surface area contributed by atoms with Gasteiger partial charge in [0.1, 0.15) is 43.7 Å². The monoisotopic (exact) mass is 654 g/mol. The number of aldehydes is 1. The van der Waals surface area contributed by atoms with E-state index in [9.17, 15) is 27.6 Å². The summed E-state index contributed by atoms with van der Waals surface area (Å²) >= 11 is 0. The van der Waals surface area contributed by atoms with E-state index in [1.54, 1.807) is 36.0 Å². The molecular formula is C31H37F3N10O3. The number of hydrogen-bond donors (Lipinski definition) is 2. The van der Waals surface area contributed by atoms with E-state index in [4.69, 9.17) is 0 Å². The fraction of sp³-hybridized carbons (Fsp3) is 0.419. The Morgan fingerprint density at radius 3 is 2.34 bits per heavy atom. The van der Waals surface area contributed by atoms with Crippen LogP contribution < -0.4 is 15.5 Å². The summed E-state index contributed by atoms with van der Waals surface area (Å²) in [5.74, 6) is 1.20. The molecule has 2 aliphatic carbocycles. The molecule has 4 aromatic heterocycles. The molecule has 0 atom stereocenters. The molecule has 6 rings (SSSR count). The zero-order chi connectivity index (χ0) is 34.0. The average Bonchev–Trinajstić information content (AvgIpc) is 3.99. The number of hydrogen-bond acceptors (Lipinski definition) is 10. The summed E-state index contributed by atoms with van der Waals surface area (Å²) in [6, 6.07) is 5.38. The largest absolute Gasteiger partial charge is 0.406 e. The Hall–Kier alpha value is -5.15. The van der Waals surface area contributed by atoms with E-state index >= 15 is 0 Å². The number of anilines is 3. The smallest absolute Gasteiger partial charge is 0.373 e. The summed E-state index contributed by atoms with van der Waals surface area (Å²) in [6.07, 6.45) is 9.65. The minimum Gasteiger partial charge on any atom is -0.373 e. The van der Waals surface area contributed by atoms with Crippen molar-refractivity contribution in [2.24, 2.45) is 5.92 Å². The first kappa shape index (κ1) is 34.7. The molecule has 2 N–H and O–H groups in total. The molecule has 4 aromatic rings. The average molecular weight is 655 g/mol. The number of nitrogens with zero attached hydrogens (tertiary/aromatic N) is 8. The molecule has 0 spiro atoms. The highest BCUT2D eigenvalue weighted by Gasteiger charge is 2.32. The Bertz CT molecular complexity index is 1640. The number of halogens is 3. The Morgan fingerprint density at radius 2 is 1.81 bits per heavy atom. The number of carbonyl (C=O) groups excluding carboxylic acids is 3. The molecule has 2 fully saturated rings. The van der Waals surface area contributed by atoms with Crippen LogP contribution in [0.1, 0.15) is 48.6 Å². The number of aryl methyl sites for hydroxylation is 1. The normalized spacial score (nSPS) is 13.7. The minimum absolute atomic E-state index is 0.328. The SMILES string of the molecule is CNc1cc(NCc2cn3cc(C4CC4)cc(N(C=O)CC(=O)N(C)CC(F)(F)F)c3n2)ncn1.Cc1ccncn1.O=CC1CC1. The summed E-state index contributed by atoms with van der Waals surface area (Å²) < 4.78 is 39.9. The lowest BCUT2D eigenvalue weighted by Crippen LogP contribution is -2.42. The van der Waals surface area contributed by atoms with Crippen LogP contribution in [0.3, 0.4) is 0 Å². The van der Waals surface area contributed by atoms with Crippen LogP contribution in [-0.2, 0) is 20.9 Å². The Balaban J connectivity index is 0.000000346. The van der Waals surface area contributed by atoms with E-state index in [2.05, 4.69) is 35.6 Å². The van der Waals surface area contributed by atoms with Crippen LogP contribution in [0, 0.1) is 12.8 Å². The van der Waals surface area contributed by atoms with Crippen molar-refractivity contribution in [3.8, 4) is 0 Å². The fourth-order valence-corrected chi connectivity index (χ4v) is 4.25. The number of imidazole rings is 1. The van der Waals surface area contributed by atoms with Gasteiger partial charge >= 0.3 is 6.18 Å². The van der Waals surface area contributed by atoms with Crippen molar-refractivity contribution in [1.82, 2.24) is 34.2 Å². The lowest BCUT2D eigenvalue weighted by molar-refractivity contribution is -0.157. The molecule has 13 nitrogen and oxygen atoms in total. The molecule has 250 valence electrons. The zero-order valence-corrected chi connectivity index (χ0v) is 26.3. The molecule has 0 aliphatic heterocycles.